The van der Waals surface area contributed by atoms with E-state index >= 15 is 0 Å². The predicted octanol–water partition coefficient (Wildman–Crippen LogP) is 3.69. The molecular formula is C9H10F3IO2. The molecule has 0 N–H and O–H groups in total. The van der Waals surface area contributed by atoms with Crippen molar-refractivity contribution in [1.29, 1.82) is 0 Å². The van der Waals surface area contributed by atoms with Gasteiger partial charge in [-0.1, -0.05) is 0 Å². The number of fused-ring (bicyclic) bond motifs is 1. The predicted molar refractivity (Wildman–Crippen MR) is 56.6 cm³/mol. The first-order chi connectivity index (χ1) is 6.68. The van der Waals surface area contributed by atoms with Gasteiger partial charge < -0.3 is 0 Å². The Balaban J connectivity index is 2.39. The van der Waals surface area contributed by atoms with Crippen molar-refractivity contribution in [3.8, 4) is 0 Å². The fraction of sp³-hybridized carbons (Fsp3) is 0.556. The Morgan fingerprint density at radius 2 is 2.07 bits per heavy atom. The van der Waals surface area contributed by atoms with Crippen molar-refractivity contribution in [2.24, 2.45) is 5.41 Å². The van der Waals surface area contributed by atoms with E-state index in [1.807, 2.05) is 0 Å². The van der Waals surface area contributed by atoms with Crippen LogP contribution in [0, 0.1) is 5.41 Å². The molecule has 0 aromatic heterocycles. The Labute approximate surface area is 89.6 Å². The molecule has 2 rings (SSSR count). The van der Waals surface area contributed by atoms with Crippen molar-refractivity contribution in [3.63, 3.8) is 0 Å². The molecule has 2 nitrogen and oxygen atoms in total. The Hall–Kier alpha value is -0.240. The summed E-state index contributed by atoms with van der Waals surface area (Å²) in [5, 5.41) is 0. The molecule has 0 bridgehead atoms. The third-order valence-electron chi connectivity index (χ3n) is 2.49. The second-order valence-corrected chi connectivity index (χ2v) is 9.73. The fourth-order valence-electron chi connectivity index (χ4n) is 1.60. The van der Waals surface area contributed by atoms with E-state index in [-0.39, 0.29) is 3.58 Å². The quantitative estimate of drug-likeness (QED) is 0.499. The van der Waals surface area contributed by atoms with Gasteiger partial charge in [-0.2, -0.15) is 0 Å². The molecule has 1 aliphatic heterocycles. The fourth-order valence-corrected chi connectivity index (χ4v) is 6.51. The number of alkyl halides is 4. The molecule has 1 fully saturated rings. The molecule has 2 unspecified atom stereocenters. The van der Waals surface area contributed by atoms with E-state index in [0.29, 0.717) is 0 Å². The summed E-state index contributed by atoms with van der Waals surface area (Å²) in [6.07, 6.45) is 3.91. The van der Waals surface area contributed by atoms with Crippen LogP contribution in [0.1, 0.15) is 13.8 Å². The maximum atomic E-state index is 12.5. The molecule has 1 aliphatic carbocycles. The molecule has 0 radical (unpaired) electrons. The average molecular weight is 334 g/mol. The molecule has 1 heterocycles. The van der Waals surface area contributed by atoms with Gasteiger partial charge in [0.1, 0.15) is 0 Å². The first-order valence-electron chi connectivity index (χ1n) is 4.31. The SMILES string of the molecule is CC1(C)C=CC=C2C1OI2(=O)C(F)(F)F. The summed E-state index contributed by atoms with van der Waals surface area (Å²) in [5.74, 6) is 0. The summed E-state index contributed by atoms with van der Waals surface area (Å²) in [4.78, 5) is 0. The zero-order chi connectivity index (χ0) is 11.5. The first kappa shape index (κ1) is 11.3. The molecule has 0 spiro atoms. The van der Waals surface area contributed by atoms with Gasteiger partial charge in [-0.25, -0.2) is 0 Å². The van der Waals surface area contributed by atoms with E-state index in [2.05, 4.69) is 0 Å². The zero-order valence-corrected chi connectivity index (χ0v) is 10.3. The summed E-state index contributed by atoms with van der Waals surface area (Å²) in [5.41, 5.74) is -0.507. The van der Waals surface area contributed by atoms with Crippen molar-refractivity contribution in [2.45, 2.75) is 24.1 Å². The van der Waals surface area contributed by atoms with Crippen molar-refractivity contribution in [3.05, 3.63) is 21.8 Å². The average Bonchev–Trinajstić information content (AvgIpc) is 2.04. The maximum absolute atomic E-state index is 12.5. The molecule has 15 heavy (non-hydrogen) atoms. The van der Waals surface area contributed by atoms with Gasteiger partial charge in [-0.05, 0) is 0 Å². The second kappa shape index (κ2) is 2.91. The van der Waals surface area contributed by atoms with Crippen LogP contribution in [0.5, 0.6) is 0 Å². The van der Waals surface area contributed by atoms with Crippen LogP contribution in [0.15, 0.2) is 21.8 Å². The standard InChI is InChI=1S/C9H10F3IO2/c1-8(2)5-3-4-6-7(8)15-13(6,14)9(10,11)12/h3-5,7H,1-2H3. The second-order valence-electron chi connectivity index (χ2n) is 4.10. The van der Waals surface area contributed by atoms with Crippen LogP contribution in [0.3, 0.4) is 0 Å². The summed E-state index contributed by atoms with van der Waals surface area (Å²) >= 11 is -5.35. The van der Waals surface area contributed by atoms with Gasteiger partial charge in [-0.3, -0.25) is 0 Å². The molecule has 0 saturated carbocycles. The van der Waals surface area contributed by atoms with Gasteiger partial charge in [0, 0.05) is 0 Å². The number of halogens is 4. The number of rotatable bonds is 0. The molecule has 0 aromatic carbocycles. The minimum absolute atomic E-state index is 0.0399. The van der Waals surface area contributed by atoms with Crippen molar-refractivity contribution in [2.75, 3.05) is 0 Å². The Morgan fingerprint density at radius 3 is 2.60 bits per heavy atom. The molecule has 6 heteroatoms. The van der Waals surface area contributed by atoms with E-state index in [9.17, 15) is 16.2 Å². The van der Waals surface area contributed by atoms with Crippen LogP contribution in [0.2, 0.25) is 0 Å². The molecule has 86 valence electrons. The Bertz CT molecular complexity index is 406. The monoisotopic (exact) mass is 334 g/mol. The van der Waals surface area contributed by atoms with Gasteiger partial charge in [0.05, 0.1) is 0 Å². The number of allylic oxidation sites excluding steroid dienone is 2. The van der Waals surface area contributed by atoms with Crippen LogP contribution in [0.4, 0.5) is 13.2 Å². The van der Waals surface area contributed by atoms with Crippen LogP contribution >= 0.6 is 18.8 Å². The van der Waals surface area contributed by atoms with Crippen molar-refractivity contribution in [1.82, 2.24) is 0 Å². The Morgan fingerprint density at radius 1 is 1.47 bits per heavy atom. The Kier molecular flexibility index (Phi) is 2.18. The van der Waals surface area contributed by atoms with Crippen LogP contribution in [-0.4, -0.2) is 10.3 Å². The van der Waals surface area contributed by atoms with Gasteiger partial charge in [-0.15, -0.1) is 0 Å². The van der Waals surface area contributed by atoms with Crippen molar-refractivity contribution >= 4 is 18.8 Å². The normalized spacial score (nSPS) is 42.2. The van der Waals surface area contributed by atoms with E-state index in [1.165, 1.54) is 12.2 Å². The molecule has 0 amide bonds. The molecule has 2 aliphatic rings. The first-order valence-corrected chi connectivity index (χ1v) is 8.23. The summed E-state index contributed by atoms with van der Waals surface area (Å²) < 4.78 is 49.0. The summed E-state index contributed by atoms with van der Waals surface area (Å²) in [7, 11) is 0. The minimum atomic E-state index is -5.35. The van der Waals surface area contributed by atoms with Crippen LogP contribution < -0.4 is 0 Å². The van der Waals surface area contributed by atoms with Gasteiger partial charge >= 0.3 is 89.5 Å². The van der Waals surface area contributed by atoms with E-state index in [4.69, 9.17) is 3.07 Å². The van der Waals surface area contributed by atoms with Crippen molar-refractivity contribution < 1.29 is 19.3 Å². The van der Waals surface area contributed by atoms with E-state index in [1.54, 1.807) is 19.9 Å². The molecule has 2 atom stereocenters. The summed E-state index contributed by atoms with van der Waals surface area (Å²) in [6.45, 7) is 3.52. The topological polar surface area (TPSA) is 26.3 Å². The summed E-state index contributed by atoms with van der Waals surface area (Å²) in [6, 6.07) is 0. The third kappa shape index (κ3) is 1.41. The molecule has 0 aromatic rings. The van der Waals surface area contributed by atoms with E-state index < -0.39 is 34.5 Å². The zero-order valence-electron chi connectivity index (χ0n) is 8.14. The third-order valence-corrected chi connectivity index (χ3v) is 7.89. The molecular weight excluding hydrogens is 324 g/mol. The van der Waals surface area contributed by atoms with Gasteiger partial charge in [0.2, 0.25) is 0 Å². The number of hydrogen-bond donors (Lipinski definition) is 0. The van der Waals surface area contributed by atoms with Crippen LogP contribution in [-0.2, 0) is 6.14 Å². The number of hydrogen-bond acceptors (Lipinski definition) is 2. The van der Waals surface area contributed by atoms with E-state index in [0.717, 1.165) is 0 Å². The van der Waals surface area contributed by atoms with Gasteiger partial charge in [0.25, 0.3) is 0 Å². The van der Waals surface area contributed by atoms with Gasteiger partial charge in [0.15, 0.2) is 0 Å². The molecule has 1 saturated heterocycles. The van der Waals surface area contributed by atoms with Crippen LogP contribution in [0.25, 0.3) is 0 Å².